The van der Waals surface area contributed by atoms with Gasteiger partial charge in [-0.15, -0.1) is 24.2 Å². The highest BCUT2D eigenvalue weighted by molar-refractivity contribution is 8.00. The summed E-state index contributed by atoms with van der Waals surface area (Å²) in [5, 5.41) is 0. The van der Waals surface area contributed by atoms with Gasteiger partial charge in [-0.25, -0.2) is 0 Å². The summed E-state index contributed by atoms with van der Waals surface area (Å²) in [6, 6.07) is 5.34. The van der Waals surface area contributed by atoms with E-state index in [9.17, 15) is 4.79 Å². The smallest absolute Gasteiger partial charge is 0.248 e. The number of amides is 1. The summed E-state index contributed by atoms with van der Waals surface area (Å²) in [4.78, 5) is 16.1. The van der Waals surface area contributed by atoms with Gasteiger partial charge in [-0.2, -0.15) is 0 Å². The predicted molar refractivity (Wildman–Crippen MR) is 61.1 cm³/mol. The molecule has 14 heavy (non-hydrogen) atoms. The molecule has 1 aromatic rings. The van der Waals surface area contributed by atoms with E-state index < -0.39 is 5.91 Å². The summed E-state index contributed by atoms with van der Waals surface area (Å²) in [7, 11) is 0. The molecule has 2 rings (SSSR count). The van der Waals surface area contributed by atoms with Gasteiger partial charge in [-0.1, -0.05) is 0 Å². The van der Waals surface area contributed by atoms with Gasteiger partial charge in [0.25, 0.3) is 0 Å². The first-order valence-corrected chi connectivity index (χ1v) is 4.85. The largest absolute Gasteiger partial charge is 0.366 e. The van der Waals surface area contributed by atoms with Crippen molar-refractivity contribution in [3.8, 4) is 0 Å². The van der Waals surface area contributed by atoms with Gasteiger partial charge >= 0.3 is 0 Å². The van der Waals surface area contributed by atoms with E-state index in [1.165, 1.54) is 0 Å². The average molecular weight is 229 g/mol. The molecule has 1 heterocycles. The highest BCUT2D eigenvalue weighted by atomic mass is 35.5. The first-order valence-electron chi connectivity index (χ1n) is 3.86. The SMILES string of the molecule is Cl.NC(=O)c1ccc2c(c1)N=CCS2. The molecule has 1 aromatic carbocycles. The number of hydrogen-bond donors (Lipinski definition) is 1. The second kappa shape index (κ2) is 4.48. The maximum atomic E-state index is 10.9. The van der Waals surface area contributed by atoms with Gasteiger partial charge in [-0.3, -0.25) is 9.79 Å². The van der Waals surface area contributed by atoms with Gasteiger partial charge in [0.15, 0.2) is 0 Å². The van der Waals surface area contributed by atoms with Gasteiger partial charge in [-0.05, 0) is 18.2 Å². The highest BCUT2D eigenvalue weighted by Crippen LogP contribution is 2.32. The molecular weight excluding hydrogens is 220 g/mol. The van der Waals surface area contributed by atoms with Crippen molar-refractivity contribution in [1.29, 1.82) is 0 Å². The molecule has 0 bridgehead atoms. The summed E-state index contributed by atoms with van der Waals surface area (Å²) >= 11 is 1.71. The van der Waals surface area contributed by atoms with Crippen LogP contribution in [0.2, 0.25) is 0 Å². The van der Waals surface area contributed by atoms with Gasteiger partial charge in [0.1, 0.15) is 0 Å². The fraction of sp³-hybridized carbons (Fsp3) is 0.111. The molecule has 74 valence electrons. The van der Waals surface area contributed by atoms with Crippen LogP contribution in [0.3, 0.4) is 0 Å². The lowest BCUT2D eigenvalue weighted by Gasteiger charge is -2.08. The Morgan fingerprint density at radius 1 is 1.50 bits per heavy atom. The number of fused-ring (bicyclic) bond motifs is 1. The van der Waals surface area contributed by atoms with Gasteiger partial charge in [0.05, 0.1) is 5.69 Å². The fourth-order valence-corrected chi connectivity index (χ4v) is 1.91. The van der Waals surface area contributed by atoms with Crippen molar-refractivity contribution in [2.24, 2.45) is 10.7 Å². The van der Waals surface area contributed by atoms with E-state index in [1.807, 2.05) is 12.3 Å². The molecule has 0 unspecified atom stereocenters. The van der Waals surface area contributed by atoms with Gasteiger partial charge in [0.2, 0.25) is 5.91 Å². The monoisotopic (exact) mass is 228 g/mol. The molecular formula is C9H9ClN2OS. The van der Waals surface area contributed by atoms with Crippen molar-refractivity contribution in [1.82, 2.24) is 0 Å². The Morgan fingerprint density at radius 2 is 2.29 bits per heavy atom. The zero-order chi connectivity index (χ0) is 9.26. The van der Waals surface area contributed by atoms with E-state index in [0.29, 0.717) is 5.56 Å². The number of primary amides is 1. The molecule has 0 fully saturated rings. The van der Waals surface area contributed by atoms with Crippen molar-refractivity contribution in [2.45, 2.75) is 4.90 Å². The molecule has 1 amide bonds. The number of nitrogens with zero attached hydrogens (tertiary/aromatic N) is 1. The molecule has 1 aliphatic heterocycles. The van der Waals surface area contributed by atoms with Crippen LogP contribution >= 0.6 is 24.2 Å². The van der Waals surface area contributed by atoms with Crippen LogP contribution in [-0.4, -0.2) is 17.9 Å². The predicted octanol–water partition coefficient (Wildman–Crippen LogP) is 2.02. The second-order valence-corrected chi connectivity index (χ2v) is 3.73. The van der Waals surface area contributed by atoms with Crippen LogP contribution < -0.4 is 5.73 Å². The zero-order valence-electron chi connectivity index (χ0n) is 7.27. The molecule has 0 radical (unpaired) electrons. The maximum absolute atomic E-state index is 10.9. The summed E-state index contributed by atoms with van der Waals surface area (Å²) in [6.45, 7) is 0. The van der Waals surface area contributed by atoms with E-state index >= 15 is 0 Å². The number of aliphatic imine (C=N–C) groups is 1. The number of nitrogens with two attached hydrogens (primary N) is 1. The summed E-state index contributed by atoms with van der Waals surface area (Å²) < 4.78 is 0. The van der Waals surface area contributed by atoms with E-state index in [4.69, 9.17) is 5.73 Å². The second-order valence-electron chi connectivity index (χ2n) is 2.67. The van der Waals surface area contributed by atoms with E-state index in [-0.39, 0.29) is 12.4 Å². The Hall–Kier alpha value is -1.00. The molecule has 3 nitrogen and oxygen atoms in total. The minimum Gasteiger partial charge on any atom is -0.366 e. The molecule has 0 saturated carbocycles. The summed E-state index contributed by atoms with van der Waals surface area (Å²) in [6.07, 6.45) is 1.83. The fourth-order valence-electron chi connectivity index (χ4n) is 1.16. The lowest BCUT2D eigenvalue weighted by molar-refractivity contribution is 0.100. The third kappa shape index (κ3) is 2.08. The minimum absolute atomic E-state index is 0. The molecule has 1 aliphatic rings. The molecule has 5 heteroatoms. The van der Waals surface area contributed by atoms with Crippen LogP contribution in [0.15, 0.2) is 28.1 Å². The van der Waals surface area contributed by atoms with E-state index in [0.717, 1.165) is 16.3 Å². The molecule has 0 saturated heterocycles. The first kappa shape index (κ1) is 11.1. The molecule has 0 aromatic heterocycles. The van der Waals surface area contributed by atoms with Crippen LogP contribution in [0, 0.1) is 0 Å². The molecule has 0 aliphatic carbocycles. The standard InChI is InChI=1S/C9H8N2OS.ClH/c10-9(12)6-1-2-8-7(5-6)11-3-4-13-8;/h1-3,5H,4H2,(H2,10,12);1H. The van der Waals surface area contributed by atoms with Crippen molar-refractivity contribution < 1.29 is 4.79 Å². The third-order valence-corrected chi connectivity index (χ3v) is 2.76. The van der Waals surface area contributed by atoms with Gasteiger partial charge < -0.3 is 5.73 Å². The Morgan fingerprint density at radius 3 is 3.00 bits per heavy atom. The van der Waals surface area contributed by atoms with Crippen LogP contribution in [-0.2, 0) is 0 Å². The number of rotatable bonds is 1. The van der Waals surface area contributed by atoms with E-state index in [1.54, 1.807) is 23.9 Å². The maximum Gasteiger partial charge on any atom is 0.248 e. The van der Waals surface area contributed by atoms with Crippen molar-refractivity contribution in [3.05, 3.63) is 23.8 Å². The zero-order valence-corrected chi connectivity index (χ0v) is 8.90. The lowest BCUT2D eigenvalue weighted by atomic mass is 10.2. The number of thioether (sulfide) groups is 1. The lowest BCUT2D eigenvalue weighted by Crippen LogP contribution is -2.10. The van der Waals surface area contributed by atoms with E-state index in [2.05, 4.69) is 4.99 Å². The van der Waals surface area contributed by atoms with Crippen molar-refractivity contribution in [2.75, 3.05) is 5.75 Å². The van der Waals surface area contributed by atoms with Crippen LogP contribution in [0.5, 0.6) is 0 Å². The Bertz CT molecular complexity index is 392. The molecule has 0 atom stereocenters. The number of hydrogen-bond acceptors (Lipinski definition) is 3. The third-order valence-electron chi connectivity index (χ3n) is 1.79. The number of carbonyl (C=O) groups is 1. The number of benzene rings is 1. The Balaban J connectivity index is 0.000000980. The highest BCUT2D eigenvalue weighted by Gasteiger charge is 2.08. The van der Waals surface area contributed by atoms with Crippen LogP contribution in [0.25, 0.3) is 0 Å². The quantitative estimate of drug-likeness (QED) is 0.800. The van der Waals surface area contributed by atoms with Crippen LogP contribution in [0.1, 0.15) is 10.4 Å². The van der Waals surface area contributed by atoms with Crippen LogP contribution in [0.4, 0.5) is 5.69 Å². The Labute approximate surface area is 92.2 Å². The average Bonchev–Trinajstić information content (AvgIpc) is 2.17. The van der Waals surface area contributed by atoms with Crippen molar-refractivity contribution in [3.63, 3.8) is 0 Å². The first-order chi connectivity index (χ1) is 6.27. The summed E-state index contributed by atoms with van der Waals surface area (Å²) in [5.41, 5.74) is 6.50. The Kier molecular flexibility index (Phi) is 3.55. The van der Waals surface area contributed by atoms with Gasteiger partial charge in [0, 0.05) is 22.4 Å². The summed E-state index contributed by atoms with van der Waals surface area (Å²) in [5.74, 6) is 0.483. The molecule has 2 N–H and O–H groups in total. The van der Waals surface area contributed by atoms with Crippen molar-refractivity contribution >= 4 is 42.0 Å². The normalized spacial score (nSPS) is 12.9. The minimum atomic E-state index is -0.409. The molecule has 0 spiro atoms. The number of halogens is 1. The number of carbonyl (C=O) groups excluding carboxylic acids is 1. The topological polar surface area (TPSA) is 55.5 Å².